The van der Waals surface area contributed by atoms with Crippen LogP contribution in [0.4, 0.5) is 0 Å². The molecule has 0 unspecified atom stereocenters. The van der Waals surface area contributed by atoms with Gasteiger partial charge in [-0.2, -0.15) is 0 Å². The molecule has 0 saturated heterocycles. The van der Waals surface area contributed by atoms with Crippen molar-refractivity contribution < 1.29 is 0 Å². The fourth-order valence-electron chi connectivity index (χ4n) is 8.00. The van der Waals surface area contributed by atoms with Crippen LogP contribution in [-0.4, -0.2) is 5.71 Å². The molecule has 0 atom stereocenters. The van der Waals surface area contributed by atoms with Crippen molar-refractivity contribution in [3.63, 3.8) is 0 Å². The molecule has 6 aromatic rings. The molecule has 0 bridgehead atoms. The molecule has 0 spiro atoms. The van der Waals surface area contributed by atoms with E-state index in [9.17, 15) is 0 Å². The average Bonchev–Trinajstić information content (AvgIpc) is 3.50. The summed E-state index contributed by atoms with van der Waals surface area (Å²) in [6.45, 7) is 26.0. The number of hydrogen-bond donors (Lipinski definition) is 0. The molecule has 0 saturated carbocycles. The van der Waals surface area contributed by atoms with Crippen LogP contribution < -0.4 is 0 Å². The van der Waals surface area contributed by atoms with Crippen LogP contribution in [0.3, 0.4) is 0 Å². The molecular formula is C58H53N. The van der Waals surface area contributed by atoms with Crippen LogP contribution in [0.5, 0.6) is 0 Å². The summed E-state index contributed by atoms with van der Waals surface area (Å²) in [5.74, 6) is 0. The quantitative estimate of drug-likeness (QED) is 0.0669. The van der Waals surface area contributed by atoms with E-state index < -0.39 is 0 Å². The van der Waals surface area contributed by atoms with Crippen LogP contribution in [0.1, 0.15) is 81.3 Å². The summed E-state index contributed by atoms with van der Waals surface area (Å²) >= 11 is 0. The van der Waals surface area contributed by atoms with Crippen molar-refractivity contribution in [1.29, 1.82) is 0 Å². The van der Waals surface area contributed by atoms with E-state index in [1.54, 1.807) is 6.08 Å². The van der Waals surface area contributed by atoms with Gasteiger partial charge in [-0.1, -0.05) is 191 Å². The number of rotatable bonds is 12. The second-order valence-corrected chi connectivity index (χ2v) is 16.1. The lowest BCUT2D eigenvalue weighted by molar-refractivity contribution is 0.660. The lowest BCUT2D eigenvalue weighted by atomic mass is 9.81. The molecular weight excluding hydrogens is 711 g/mol. The number of aliphatic imine (C=N–C) groups is 1. The van der Waals surface area contributed by atoms with E-state index in [0.29, 0.717) is 5.70 Å². The third-order valence-corrected chi connectivity index (χ3v) is 11.7. The average molecular weight is 764 g/mol. The van der Waals surface area contributed by atoms with E-state index in [1.807, 2.05) is 31.2 Å². The first-order chi connectivity index (χ1) is 28.5. The monoisotopic (exact) mass is 763 g/mol. The van der Waals surface area contributed by atoms with Crippen LogP contribution in [0, 0.1) is 0 Å². The lowest BCUT2D eigenvalue weighted by Gasteiger charge is -2.22. The van der Waals surface area contributed by atoms with Crippen LogP contribution in [0.25, 0.3) is 50.2 Å². The van der Waals surface area contributed by atoms with Gasteiger partial charge >= 0.3 is 0 Å². The summed E-state index contributed by atoms with van der Waals surface area (Å²) < 4.78 is 0. The van der Waals surface area contributed by atoms with Crippen molar-refractivity contribution in [1.82, 2.24) is 0 Å². The van der Waals surface area contributed by atoms with Crippen LogP contribution in [-0.2, 0) is 5.41 Å². The van der Waals surface area contributed by atoms with Gasteiger partial charge in [0.2, 0.25) is 0 Å². The maximum Gasteiger partial charge on any atom is 0.113 e. The van der Waals surface area contributed by atoms with Crippen molar-refractivity contribution >= 4 is 22.6 Å². The lowest BCUT2D eigenvalue weighted by Crippen LogP contribution is -2.14. The van der Waals surface area contributed by atoms with Crippen molar-refractivity contribution in [3.8, 4) is 33.4 Å². The summed E-state index contributed by atoms with van der Waals surface area (Å²) in [5, 5.41) is 0. The van der Waals surface area contributed by atoms with E-state index in [0.717, 1.165) is 56.7 Å². The summed E-state index contributed by atoms with van der Waals surface area (Å²) in [7, 11) is 0. The maximum atomic E-state index is 5.18. The number of allylic oxidation sites excluding steroid dienone is 8. The van der Waals surface area contributed by atoms with Crippen molar-refractivity contribution in [2.75, 3.05) is 0 Å². The van der Waals surface area contributed by atoms with Gasteiger partial charge in [-0.15, -0.1) is 0 Å². The standard InChI is InChI=1S/C58H53N/c1-10-40(5)42(7)53(35-39(3)4)44-30-28-43(29-31-44)41(6)27-34-57(59-56(11-2)45-19-13-12-14-20-45)50-24-18-23-48(37-50)46-21-17-22-47(36-46)49-32-33-52-51-25-15-16-26-54(51)58(8,9)55(52)38-49/h11-33,35-38H,2-3,6,10H2,1,4-5,7-9H3/b42-40-,53-35+,59-56+. The van der Waals surface area contributed by atoms with Gasteiger partial charge in [-0.25, -0.2) is 4.99 Å². The minimum Gasteiger partial charge on any atom is -0.239 e. The van der Waals surface area contributed by atoms with Gasteiger partial charge in [0, 0.05) is 16.5 Å². The highest BCUT2D eigenvalue weighted by atomic mass is 14.8. The number of nitrogens with zero attached hydrogens (tertiary/aromatic N) is 1. The summed E-state index contributed by atoms with van der Waals surface area (Å²) in [5.41, 5.74) is 24.9. The minimum atomic E-state index is -0.0564. The van der Waals surface area contributed by atoms with E-state index in [2.05, 4.69) is 194 Å². The predicted molar refractivity (Wildman–Crippen MR) is 256 cm³/mol. The molecule has 1 nitrogen and oxygen atoms in total. The van der Waals surface area contributed by atoms with Crippen LogP contribution in [0.2, 0.25) is 0 Å². The zero-order valence-electron chi connectivity index (χ0n) is 35.4. The molecule has 290 valence electrons. The van der Waals surface area contributed by atoms with Gasteiger partial charge in [-0.05, 0) is 130 Å². The van der Waals surface area contributed by atoms with E-state index >= 15 is 0 Å². The molecule has 1 aliphatic carbocycles. The van der Waals surface area contributed by atoms with Gasteiger partial charge in [0.1, 0.15) is 5.70 Å². The molecule has 0 radical (unpaired) electrons. The topological polar surface area (TPSA) is 12.4 Å². The Morgan fingerprint density at radius 2 is 1.20 bits per heavy atom. The van der Waals surface area contributed by atoms with Gasteiger partial charge in [-0.3, -0.25) is 0 Å². The Bertz CT molecular complexity index is 2750. The third-order valence-electron chi connectivity index (χ3n) is 11.7. The highest BCUT2D eigenvalue weighted by Crippen LogP contribution is 2.49. The third kappa shape index (κ3) is 8.58. The Morgan fingerprint density at radius 1 is 0.610 bits per heavy atom. The second kappa shape index (κ2) is 17.4. The van der Waals surface area contributed by atoms with E-state index in [-0.39, 0.29) is 5.41 Å². The number of fused-ring (bicyclic) bond motifs is 3. The van der Waals surface area contributed by atoms with Crippen LogP contribution >= 0.6 is 0 Å². The van der Waals surface area contributed by atoms with Crippen molar-refractivity contribution in [3.05, 3.63) is 239 Å². The first-order valence-corrected chi connectivity index (χ1v) is 20.5. The largest absolute Gasteiger partial charge is 0.239 e. The molecule has 1 aliphatic rings. The molecule has 0 heterocycles. The Morgan fingerprint density at radius 3 is 1.88 bits per heavy atom. The van der Waals surface area contributed by atoms with Crippen molar-refractivity contribution in [2.45, 2.75) is 53.4 Å². The molecule has 0 aromatic heterocycles. The normalized spacial score (nSPS) is 13.4. The second-order valence-electron chi connectivity index (χ2n) is 16.1. The molecule has 0 N–H and O–H groups in total. The first-order valence-electron chi connectivity index (χ1n) is 20.5. The molecule has 59 heavy (non-hydrogen) atoms. The van der Waals surface area contributed by atoms with Crippen molar-refractivity contribution in [2.24, 2.45) is 4.99 Å². The highest BCUT2D eigenvalue weighted by Gasteiger charge is 2.35. The molecule has 0 aliphatic heterocycles. The maximum absolute atomic E-state index is 5.18. The Balaban J connectivity index is 1.25. The smallest absolute Gasteiger partial charge is 0.113 e. The number of benzene rings is 6. The number of hydrogen-bond acceptors (Lipinski definition) is 1. The summed E-state index contributed by atoms with van der Waals surface area (Å²) in [6.07, 6.45) is 6.93. The predicted octanol–water partition coefficient (Wildman–Crippen LogP) is 15.9. The Kier molecular flexibility index (Phi) is 11.9. The Hall–Kier alpha value is -6.79. The molecule has 0 amide bonds. The molecule has 0 fully saturated rings. The van der Waals surface area contributed by atoms with Gasteiger partial charge in [0.05, 0.1) is 5.71 Å². The summed E-state index contributed by atoms with van der Waals surface area (Å²) in [4.78, 5) is 5.18. The zero-order chi connectivity index (χ0) is 41.7. The zero-order valence-corrected chi connectivity index (χ0v) is 35.4. The van der Waals surface area contributed by atoms with Gasteiger partial charge in [0.15, 0.2) is 0 Å². The van der Waals surface area contributed by atoms with Crippen LogP contribution in [0.15, 0.2) is 211 Å². The molecule has 6 aromatic carbocycles. The minimum absolute atomic E-state index is 0.0564. The van der Waals surface area contributed by atoms with Gasteiger partial charge in [0.25, 0.3) is 0 Å². The molecule has 1 heteroatoms. The highest BCUT2D eigenvalue weighted by molar-refractivity contribution is 6.10. The fraction of sp³-hybridized carbons (Fsp3) is 0.138. The summed E-state index contributed by atoms with van der Waals surface area (Å²) in [6, 6.07) is 51.9. The Labute approximate surface area is 352 Å². The van der Waals surface area contributed by atoms with Gasteiger partial charge < -0.3 is 0 Å². The molecule has 7 rings (SSSR count). The fourth-order valence-corrected chi connectivity index (χ4v) is 8.00. The SMILES string of the molecule is C=C/C(=N\C(=C=CC(=C)c1ccc(C(=C/C(=C)C)/C(C)=C(/C)CC)cc1)c1cccc(-c2cccc(-c3ccc4c(c3)C(C)(C)c3ccccc3-4)c2)c1)c1ccccc1. The first kappa shape index (κ1) is 40.4. The van der Waals surface area contributed by atoms with E-state index in [1.165, 1.54) is 50.1 Å². The van der Waals surface area contributed by atoms with E-state index in [4.69, 9.17) is 4.99 Å².